The maximum Gasteiger partial charge on any atom is 0.326 e. The highest BCUT2D eigenvalue weighted by Gasteiger charge is 2.21. The van der Waals surface area contributed by atoms with Crippen LogP contribution in [0.3, 0.4) is 0 Å². The van der Waals surface area contributed by atoms with Gasteiger partial charge in [-0.3, -0.25) is 4.79 Å². The Bertz CT molecular complexity index is 500. The second-order valence-corrected chi connectivity index (χ2v) is 3.95. The summed E-state index contributed by atoms with van der Waals surface area (Å²) in [5.41, 5.74) is 4.88. The quantitative estimate of drug-likeness (QED) is 0.476. The third-order valence-electron chi connectivity index (χ3n) is 2.20. The SMILES string of the molecule is Cc1noc(CCNC(=O)N[C@H](CC(N)=O)C(=O)O)n1. The zero-order valence-corrected chi connectivity index (χ0v) is 10.8. The molecule has 1 rings (SSSR count). The fourth-order valence-corrected chi connectivity index (χ4v) is 1.34. The largest absolute Gasteiger partial charge is 0.480 e. The first-order valence-corrected chi connectivity index (χ1v) is 5.73. The highest BCUT2D eigenvalue weighted by atomic mass is 16.5. The summed E-state index contributed by atoms with van der Waals surface area (Å²) in [6, 6.07) is -2.09. The van der Waals surface area contributed by atoms with E-state index in [1.165, 1.54) is 0 Å². The molecule has 10 nitrogen and oxygen atoms in total. The Morgan fingerprint density at radius 2 is 2.15 bits per heavy atom. The van der Waals surface area contributed by atoms with Crippen molar-refractivity contribution in [3.8, 4) is 0 Å². The van der Waals surface area contributed by atoms with Gasteiger partial charge in [0.25, 0.3) is 0 Å². The van der Waals surface area contributed by atoms with E-state index in [4.69, 9.17) is 15.4 Å². The van der Waals surface area contributed by atoms with E-state index in [2.05, 4.69) is 20.8 Å². The van der Waals surface area contributed by atoms with E-state index in [0.717, 1.165) is 0 Å². The van der Waals surface area contributed by atoms with Crippen molar-refractivity contribution in [2.75, 3.05) is 6.54 Å². The lowest BCUT2D eigenvalue weighted by molar-refractivity contribution is -0.140. The molecule has 0 aliphatic rings. The second kappa shape index (κ2) is 7.07. The second-order valence-electron chi connectivity index (χ2n) is 3.95. The molecular formula is C10H15N5O5. The lowest BCUT2D eigenvalue weighted by Gasteiger charge is -2.13. The van der Waals surface area contributed by atoms with Gasteiger partial charge in [0.2, 0.25) is 11.8 Å². The van der Waals surface area contributed by atoms with Gasteiger partial charge in [0.05, 0.1) is 6.42 Å². The highest BCUT2D eigenvalue weighted by Crippen LogP contribution is 1.96. The van der Waals surface area contributed by atoms with Crippen LogP contribution in [-0.2, 0) is 16.0 Å². The fourth-order valence-electron chi connectivity index (χ4n) is 1.34. The number of nitrogens with zero attached hydrogens (tertiary/aromatic N) is 2. The molecule has 0 saturated heterocycles. The van der Waals surface area contributed by atoms with Crippen molar-refractivity contribution in [3.63, 3.8) is 0 Å². The average Bonchev–Trinajstić information content (AvgIpc) is 2.73. The summed E-state index contributed by atoms with van der Waals surface area (Å²) < 4.78 is 4.83. The minimum atomic E-state index is -1.36. The maximum atomic E-state index is 11.4. The minimum absolute atomic E-state index is 0.177. The van der Waals surface area contributed by atoms with E-state index in [1.54, 1.807) is 6.92 Å². The molecule has 1 heterocycles. The third-order valence-corrected chi connectivity index (χ3v) is 2.20. The summed E-state index contributed by atoms with van der Waals surface area (Å²) >= 11 is 0. The number of carbonyl (C=O) groups is 3. The third kappa shape index (κ3) is 5.33. The van der Waals surface area contributed by atoms with Gasteiger partial charge in [0.15, 0.2) is 5.82 Å². The number of hydrogen-bond donors (Lipinski definition) is 4. The minimum Gasteiger partial charge on any atom is -0.480 e. The number of carboxylic acid groups (broad SMARTS) is 1. The van der Waals surface area contributed by atoms with Gasteiger partial charge in [0.1, 0.15) is 6.04 Å². The van der Waals surface area contributed by atoms with Crippen LogP contribution in [0.15, 0.2) is 4.52 Å². The van der Waals surface area contributed by atoms with Crippen LogP contribution in [-0.4, -0.2) is 45.7 Å². The lowest BCUT2D eigenvalue weighted by Crippen LogP contribution is -2.48. The molecule has 1 aromatic heterocycles. The van der Waals surface area contributed by atoms with Crippen LogP contribution in [0.25, 0.3) is 0 Å². The van der Waals surface area contributed by atoms with Gasteiger partial charge in [-0.1, -0.05) is 5.16 Å². The molecule has 0 aliphatic carbocycles. The molecule has 0 fully saturated rings. The van der Waals surface area contributed by atoms with Crippen LogP contribution in [0.5, 0.6) is 0 Å². The maximum absolute atomic E-state index is 11.4. The molecule has 0 radical (unpaired) electrons. The molecule has 0 aromatic carbocycles. The molecule has 0 aliphatic heterocycles. The molecule has 0 bridgehead atoms. The molecule has 10 heteroatoms. The van der Waals surface area contributed by atoms with E-state index in [1.807, 2.05) is 0 Å². The smallest absolute Gasteiger partial charge is 0.326 e. The number of nitrogens with one attached hydrogen (secondary N) is 2. The van der Waals surface area contributed by atoms with E-state index in [0.29, 0.717) is 18.1 Å². The number of aliphatic carboxylic acids is 1. The lowest BCUT2D eigenvalue weighted by atomic mass is 10.2. The number of primary amides is 1. The van der Waals surface area contributed by atoms with Gasteiger partial charge in [-0.05, 0) is 6.92 Å². The van der Waals surface area contributed by atoms with Gasteiger partial charge in [0, 0.05) is 13.0 Å². The van der Waals surface area contributed by atoms with Crippen molar-refractivity contribution >= 4 is 17.9 Å². The Morgan fingerprint density at radius 3 is 2.65 bits per heavy atom. The predicted molar refractivity (Wildman–Crippen MR) is 64.5 cm³/mol. The van der Waals surface area contributed by atoms with Crippen molar-refractivity contribution in [1.82, 2.24) is 20.8 Å². The van der Waals surface area contributed by atoms with E-state index in [9.17, 15) is 14.4 Å². The van der Waals surface area contributed by atoms with Gasteiger partial charge < -0.3 is 26.0 Å². The Morgan fingerprint density at radius 1 is 1.45 bits per heavy atom. The molecule has 1 aromatic rings. The number of aromatic nitrogens is 2. The van der Waals surface area contributed by atoms with E-state index in [-0.39, 0.29) is 6.54 Å². The number of amides is 3. The van der Waals surface area contributed by atoms with Crippen LogP contribution in [0.1, 0.15) is 18.1 Å². The van der Waals surface area contributed by atoms with Gasteiger partial charge >= 0.3 is 12.0 Å². The zero-order valence-electron chi connectivity index (χ0n) is 10.8. The molecule has 20 heavy (non-hydrogen) atoms. The van der Waals surface area contributed by atoms with Gasteiger partial charge in [-0.25, -0.2) is 9.59 Å². The number of nitrogens with two attached hydrogens (primary N) is 1. The van der Waals surface area contributed by atoms with Crippen molar-refractivity contribution < 1.29 is 24.0 Å². The Labute approximate surface area is 113 Å². The van der Waals surface area contributed by atoms with Crippen molar-refractivity contribution in [1.29, 1.82) is 0 Å². The monoisotopic (exact) mass is 285 g/mol. The Hall–Kier alpha value is -2.65. The molecule has 5 N–H and O–H groups in total. The number of carboxylic acids is 1. The highest BCUT2D eigenvalue weighted by molar-refractivity contribution is 5.87. The standard InChI is InChI=1S/C10H15N5O5/c1-5-13-8(20-15-5)2-3-12-10(19)14-6(9(17)18)4-7(11)16/h6H,2-4H2,1H3,(H2,11,16)(H,17,18)(H2,12,14,19)/t6-/m1/s1. The first kappa shape index (κ1) is 15.4. The van der Waals surface area contributed by atoms with Gasteiger partial charge in [-0.2, -0.15) is 4.98 Å². The van der Waals surface area contributed by atoms with Crippen LogP contribution in [0.2, 0.25) is 0 Å². The summed E-state index contributed by atoms with van der Waals surface area (Å²) in [6.45, 7) is 1.84. The molecule has 0 unspecified atom stereocenters. The first-order chi connectivity index (χ1) is 9.38. The zero-order chi connectivity index (χ0) is 15.1. The summed E-state index contributed by atoms with van der Waals surface area (Å²) in [5, 5.41) is 16.9. The topological polar surface area (TPSA) is 160 Å². The molecule has 0 saturated carbocycles. The van der Waals surface area contributed by atoms with Crippen LogP contribution >= 0.6 is 0 Å². The fraction of sp³-hybridized carbons (Fsp3) is 0.500. The van der Waals surface area contributed by atoms with Crippen LogP contribution < -0.4 is 16.4 Å². The Kier molecular flexibility index (Phi) is 5.44. The van der Waals surface area contributed by atoms with E-state index < -0.39 is 30.4 Å². The molecule has 110 valence electrons. The average molecular weight is 285 g/mol. The van der Waals surface area contributed by atoms with Crippen molar-refractivity contribution in [2.45, 2.75) is 25.8 Å². The molecular weight excluding hydrogens is 270 g/mol. The molecule has 3 amide bonds. The van der Waals surface area contributed by atoms with Crippen LogP contribution in [0, 0.1) is 6.92 Å². The summed E-state index contributed by atoms with van der Waals surface area (Å²) in [7, 11) is 0. The number of carbonyl (C=O) groups excluding carboxylic acids is 2. The predicted octanol–water partition coefficient (Wildman–Crippen LogP) is -1.45. The normalized spacial score (nSPS) is 11.7. The summed E-state index contributed by atoms with van der Waals surface area (Å²) in [6.07, 6.45) is -0.173. The van der Waals surface area contributed by atoms with E-state index >= 15 is 0 Å². The summed E-state index contributed by atoms with van der Waals surface area (Å²) in [5.74, 6) is -1.32. The first-order valence-electron chi connectivity index (χ1n) is 5.73. The summed E-state index contributed by atoms with van der Waals surface area (Å²) in [4.78, 5) is 36.8. The Balaban J connectivity index is 2.34. The molecule has 1 atom stereocenters. The van der Waals surface area contributed by atoms with Crippen molar-refractivity contribution in [3.05, 3.63) is 11.7 Å². The number of urea groups is 1. The number of aryl methyl sites for hydroxylation is 1. The molecule has 0 spiro atoms. The van der Waals surface area contributed by atoms with Gasteiger partial charge in [-0.15, -0.1) is 0 Å². The number of hydrogen-bond acceptors (Lipinski definition) is 6. The number of rotatable bonds is 7. The van der Waals surface area contributed by atoms with Crippen LogP contribution in [0.4, 0.5) is 4.79 Å². The van der Waals surface area contributed by atoms with Crippen molar-refractivity contribution in [2.24, 2.45) is 5.73 Å².